The second-order valence-electron chi connectivity index (χ2n) is 12.4. The molecule has 0 bridgehead atoms. The average Bonchev–Trinajstić information content (AvgIpc) is 3.56. The fourth-order valence-corrected chi connectivity index (χ4v) is 7.06. The van der Waals surface area contributed by atoms with E-state index in [9.17, 15) is 0 Å². The van der Waals surface area contributed by atoms with Gasteiger partial charge in [-0.25, -0.2) is 15.0 Å². The molecule has 0 saturated heterocycles. The highest BCUT2D eigenvalue weighted by Crippen LogP contribution is 2.37. The van der Waals surface area contributed by atoms with E-state index in [1.807, 2.05) is 30.3 Å². The lowest BCUT2D eigenvalue weighted by Crippen LogP contribution is -2.01. The second-order valence-corrected chi connectivity index (χ2v) is 12.4. The zero-order valence-corrected chi connectivity index (χ0v) is 26.3. The molecule has 4 nitrogen and oxygen atoms in total. The monoisotopic (exact) mass is 625 g/mol. The lowest BCUT2D eigenvalue weighted by molar-refractivity contribution is 0.669. The molecule has 2 aromatic heterocycles. The van der Waals surface area contributed by atoms with Gasteiger partial charge >= 0.3 is 0 Å². The molecule has 0 saturated carbocycles. The van der Waals surface area contributed by atoms with Gasteiger partial charge in [0.2, 0.25) is 0 Å². The maximum atomic E-state index is 6.24. The number of aromatic nitrogens is 3. The first-order valence-electron chi connectivity index (χ1n) is 16.4. The fraction of sp³-hybridized carbons (Fsp3) is 0. The molecule has 0 spiro atoms. The molecule has 10 aromatic rings. The van der Waals surface area contributed by atoms with Gasteiger partial charge in [0.25, 0.3) is 0 Å². The molecule has 0 atom stereocenters. The number of benzene rings is 8. The van der Waals surface area contributed by atoms with E-state index >= 15 is 0 Å². The molecule has 228 valence electrons. The lowest BCUT2D eigenvalue weighted by Gasteiger charge is -2.12. The fourth-order valence-electron chi connectivity index (χ4n) is 7.06. The maximum absolute atomic E-state index is 6.24. The molecule has 0 unspecified atom stereocenters. The lowest BCUT2D eigenvalue weighted by atomic mass is 9.98. The quantitative estimate of drug-likeness (QED) is 0.195. The highest BCUT2D eigenvalue weighted by molar-refractivity contribution is 6.12. The third-order valence-corrected chi connectivity index (χ3v) is 9.49. The van der Waals surface area contributed by atoms with Gasteiger partial charge in [-0.1, -0.05) is 133 Å². The Morgan fingerprint density at radius 2 is 0.837 bits per heavy atom. The molecule has 2 heterocycles. The highest BCUT2D eigenvalue weighted by Gasteiger charge is 2.18. The van der Waals surface area contributed by atoms with Crippen LogP contribution < -0.4 is 0 Å². The summed E-state index contributed by atoms with van der Waals surface area (Å²) in [5.74, 6) is 1.86. The van der Waals surface area contributed by atoms with E-state index in [1.54, 1.807) is 0 Å². The molecular formula is C45H27N3O. The molecule has 0 N–H and O–H groups in total. The third-order valence-electron chi connectivity index (χ3n) is 9.49. The van der Waals surface area contributed by atoms with E-state index in [2.05, 4.69) is 133 Å². The maximum Gasteiger partial charge on any atom is 0.164 e. The van der Waals surface area contributed by atoms with Gasteiger partial charge in [0.1, 0.15) is 11.2 Å². The van der Waals surface area contributed by atoms with Crippen molar-refractivity contribution in [2.45, 2.75) is 0 Å². The molecule has 10 rings (SSSR count). The first-order valence-corrected chi connectivity index (χ1v) is 16.4. The topological polar surface area (TPSA) is 51.8 Å². The van der Waals surface area contributed by atoms with Gasteiger partial charge in [0, 0.05) is 27.5 Å². The number of hydrogen-bond donors (Lipinski definition) is 0. The van der Waals surface area contributed by atoms with Crippen molar-refractivity contribution in [3.8, 4) is 45.3 Å². The zero-order chi connectivity index (χ0) is 32.3. The van der Waals surface area contributed by atoms with Gasteiger partial charge in [-0.05, 0) is 73.8 Å². The molecule has 0 amide bonds. The normalized spacial score (nSPS) is 11.7. The Kier molecular flexibility index (Phi) is 6.15. The Labute approximate surface area is 282 Å². The molecule has 8 aromatic carbocycles. The standard InChI is InChI=1S/C45H27N3O/c1-2-11-30-25-31(20-19-28(30)9-1)32-21-22-34-27-35(24-23-33(34)26-32)43-46-44(37-15-7-12-29-10-3-4-13-36(29)37)48-45(47-43)39-16-8-18-41-42(39)38-14-5-6-17-40(38)49-41/h1-27H. The smallest absolute Gasteiger partial charge is 0.164 e. The van der Waals surface area contributed by atoms with Crippen LogP contribution in [0.2, 0.25) is 0 Å². The molecule has 49 heavy (non-hydrogen) atoms. The second kappa shape index (κ2) is 11.0. The van der Waals surface area contributed by atoms with Crippen LogP contribution in [0.25, 0.3) is 99.5 Å². The van der Waals surface area contributed by atoms with Crippen molar-refractivity contribution in [3.63, 3.8) is 0 Å². The molecule has 0 fully saturated rings. The minimum absolute atomic E-state index is 0.608. The first kappa shape index (κ1) is 27.5. The van der Waals surface area contributed by atoms with E-state index in [0.29, 0.717) is 17.5 Å². The van der Waals surface area contributed by atoms with Gasteiger partial charge in [-0.15, -0.1) is 0 Å². The van der Waals surface area contributed by atoms with Gasteiger partial charge in [0.05, 0.1) is 0 Å². The Hall–Kier alpha value is -6.65. The van der Waals surface area contributed by atoms with Gasteiger partial charge in [-0.2, -0.15) is 0 Å². The summed E-state index contributed by atoms with van der Waals surface area (Å²) < 4.78 is 6.24. The number of nitrogens with zero attached hydrogens (tertiary/aromatic N) is 3. The van der Waals surface area contributed by atoms with E-state index in [1.165, 1.54) is 21.9 Å². The highest BCUT2D eigenvalue weighted by atomic mass is 16.3. The van der Waals surface area contributed by atoms with E-state index in [4.69, 9.17) is 19.4 Å². The van der Waals surface area contributed by atoms with Crippen molar-refractivity contribution in [3.05, 3.63) is 164 Å². The van der Waals surface area contributed by atoms with Crippen molar-refractivity contribution < 1.29 is 4.42 Å². The number of rotatable bonds is 4. The number of fused-ring (bicyclic) bond motifs is 6. The van der Waals surface area contributed by atoms with Gasteiger partial charge in [0.15, 0.2) is 17.5 Å². The number of hydrogen-bond acceptors (Lipinski definition) is 4. The van der Waals surface area contributed by atoms with E-state index < -0.39 is 0 Å². The Balaban J connectivity index is 1.15. The Morgan fingerprint density at radius 1 is 0.327 bits per heavy atom. The third kappa shape index (κ3) is 4.65. The molecular weight excluding hydrogens is 599 g/mol. The summed E-state index contributed by atoms with van der Waals surface area (Å²) in [5.41, 5.74) is 6.84. The molecule has 0 aliphatic heterocycles. The van der Waals surface area contributed by atoms with Crippen LogP contribution in [0.5, 0.6) is 0 Å². The van der Waals surface area contributed by atoms with Crippen LogP contribution in [0.3, 0.4) is 0 Å². The number of furan rings is 1. The summed E-state index contributed by atoms with van der Waals surface area (Å²) in [6.07, 6.45) is 0. The van der Waals surface area contributed by atoms with E-state index in [-0.39, 0.29) is 0 Å². The SMILES string of the molecule is c1ccc2cc(-c3ccc4cc(-c5nc(-c6cccc7ccccc67)nc(-c6cccc7oc8ccccc8c67)n5)ccc4c3)ccc2c1. The van der Waals surface area contributed by atoms with Crippen LogP contribution in [-0.4, -0.2) is 15.0 Å². The summed E-state index contributed by atoms with van der Waals surface area (Å²) in [5, 5.41) is 9.04. The number of para-hydroxylation sites is 1. The summed E-state index contributed by atoms with van der Waals surface area (Å²) in [6.45, 7) is 0. The minimum Gasteiger partial charge on any atom is -0.456 e. The van der Waals surface area contributed by atoms with Crippen LogP contribution in [0.15, 0.2) is 168 Å². The van der Waals surface area contributed by atoms with Crippen molar-refractivity contribution >= 4 is 54.3 Å². The average molecular weight is 626 g/mol. The summed E-state index contributed by atoms with van der Waals surface area (Å²) >= 11 is 0. The van der Waals surface area contributed by atoms with Crippen LogP contribution in [0, 0.1) is 0 Å². The van der Waals surface area contributed by atoms with Crippen molar-refractivity contribution in [2.75, 3.05) is 0 Å². The van der Waals surface area contributed by atoms with Crippen molar-refractivity contribution in [1.82, 2.24) is 15.0 Å². The van der Waals surface area contributed by atoms with Crippen molar-refractivity contribution in [2.24, 2.45) is 0 Å². The Bertz CT molecular complexity index is 2900. The summed E-state index contributed by atoms with van der Waals surface area (Å²) in [7, 11) is 0. The molecule has 0 aliphatic carbocycles. The van der Waals surface area contributed by atoms with Crippen LogP contribution >= 0.6 is 0 Å². The largest absolute Gasteiger partial charge is 0.456 e. The predicted octanol–water partition coefficient (Wildman–Crippen LogP) is 11.9. The zero-order valence-electron chi connectivity index (χ0n) is 26.3. The van der Waals surface area contributed by atoms with Crippen LogP contribution in [0.1, 0.15) is 0 Å². The minimum atomic E-state index is 0.608. The van der Waals surface area contributed by atoms with Crippen LogP contribution in [-0.2, 0) is 0 Å². The van der Waals surface area contributed by atoms with Crippen molar-refractivity contribution in [1.29, 1.82) is 0 Å². The van der Waals surface area contributed by atoms with Gasteiger partial charge in [-0.3, -0.25) is 0 Å². The summed E-state index contributed by atoms with van der Waals surface area (Å²) in [4.78, 5) is 15.4. The molecule has 0 aliphatic rings. The van der Waals surface area contributed by atoms with Gasteiger partial charge < -0.3 is 4.42 Å². The summed E-state index contributed by atoms with van der Waals surface area (Å²) in [6, 6.07) is 57.1. The Morgan fingerprint density at radius 3 is 1.65 bits per heavy atom. The molecule has 0 radical (unpaired) electrons. The first-order chi connectivity index (χ1) is 24.2. The van der Waals surface area contributed by atoms with Crippen LogP contribution in [0.4, 0.5) is 0 Å². The molecule has 4 heteroatoms. The van der Waals surface area contributed by atoms with E-state index in [0.717, 1.165) is 60.2 Å². The predicted molar refractivity (Wildman–Crippen MR) is 201 cm³/mol.